The predicted octanol–water partition coefficient (Wildman–Crippen LogP) is 1.35. The Morgan fingerprint density at radius 3 is 2.50 bits per heavy atom. The lowest BCUT2D eigenvalue weighted by atomic mass is 9.88. The number of carbonyl (C=O) groups excluding carboxylic acids is 2. The number of amides is 2. The summed E-state index contributed by atoms with van der Waals surface area (Å²) in [4.78, 5) is 26.6. The summed E-state index contributed by atoms with van der Waals surface area (Å²) in [5, 5.41) is 2.98. The summed E-state index contributed by atoms with van der Waals surface area (Å²) >= 11 is 0. The van der Waals surface area contributed by atoms with Crippen LogP contribution in [0.1, 0.15) is 25.3 Å². The van der Waals surface area contributed by atoms with E-state index in [4.69, 9.17) is 0 Å². The van der Waals surface area contributed by atoms with Crippen LogP contribution in [0.25, 0.3) is 0 Å². The van der Waals surface area contributed by atoms with Crippen molar-refractivity contribution in [1.82, 2.24) is 10.2 Å². The number of hydrogen-bond donors (Lipinski definition) is 1. The average molecular weight is 272 g/mol. The molecule has 0 spiro atoms. The van der Waals surface area contributed by atoms with Crippen molar-refractivity contribution in [1.29, 1.82) is 0 Å². The molecule has 0 bridgehead atoms. The van der Waals surface area contributed by atoms with Crippen LogP contribution in [0.4, 0.5) is 0 Å². The summed E-state index contributed by atoms with van der Waals surface area (Å²) in [6, 6.07) is 9.42. The summed E-state index contributed by atoms with van der Waals surface area (Å²) in [6.07, 6.45) is 2.62. The third-order valence-electron chi connectivity index (χ3n) is 4.58. The molecule has 3 rings (SSSR count). The fourth-order valence-electron chi connectivity index (χ4n) is 3.08. The lowest BCUT2D eigenvalue weighted by Gasteiger charge is -2.43. The first kappa shape index (κ1) is 13.2. The standard InChI is InChI=1S/C16H20N2O2/c1-16(12-8-9-12)15(20)18(2)13(14(19)17-16)10-11-6-4-3-5-7-11/h3-7,12-13H,8-10H2,1-2H3,(H,17,19). The topological polar surface area (TPSA) is 49.4 Å². The van der Waals surface area contributed by atoms with Gasteiger partial charge >= 0.3 is 0 Å². The van der Waals surface area contributed by atoms with E-state index in [0.29, 0.717) is 12.3 Å². The molecule has 2 fully saturated rings. The maximum absolute atomic E-state index is 12.6. The minimum atomic E-state index is -0.695. The monoisotopic (exact) mass is 272 g/mol. The summed E-state index contributed by atoms with van der Waals surface area (Å²) in [5.74, 6) is 0.310. The van der Waals surface area contributed by atoms with E-state index in [1.807, 2.05) is 37.3 Å². The number of nitrogens with one attached hydrogen (secondary N) is 1. The largest absolute Gasteiger partial charge is 0.340 e. The van der Waals surface area contributed by atoms with Gasteiger partial charge in [-0.25, -0.2) is 0 Å². The van der Waals surface area contributed by atoms with E-state index >= 15 is 0 Å². The molecule has 106 valence electrons. The zero-order valence-electron chi connectivity index (χ0n) is 11.9. The molecule has 4 nitrogen and oxygen atoms in total. The highest BCUT2D eigenvalue weighted by Gasteiger charge is 2.54. The van der Waals surface area contributed by atoms with Crippen LogP contribution in [-0.2, 0) is 16.0 Å². The second-order valence-corrected chi connectivity index (χ2v) is 6.09. The van der Waals surface area contributed by atoms with Crippen LogP contribution in [0.3, 0.4) is 0 Å². The van der Waals surface area contributed by atoms with Gasteiger partial charge in [0.25, 0.3) is 0 Å². The van der Waals surface area contributed by atoms with Gasteiger partial charge in [0.05, 0.1) is 0 Å². The molecular weight excluding hydrogens is 252 g/mol. The minimum absolute atomic E-state index is 0.0367. The second kappa shape index (κ2) is 4.62. The first-order chi connectivity index (χ1) is 9.52. The van der Waals surface area contributed by atoms with E-state index in [-0.39, 0.29) is 11.8 Å². The maximum Gasteiger partial charge on any atom is 0.248 e. The molecule has 1 N–H and O–H groups in total. The van der Waals surface area contributed by atoms with Crippen molar-refractivity contribution in [2.45, 2.75) is 37.8 Å². The van der Waals surface area contributed by atoms with Crippen molar-refractivity contribution >= 4 is 11.8 Å². The van der Waals surface area contributed by atoms with Crippen molar-refractivity contribution in [3.05, 3.63) is 35.9 Å². The van der Waals surface area contributed by atoms with Crippen LogP contribution in [0, 0.1) is 5.92 Å². The Hall–Kier alpha value is -1.84. The molecule has 20 heavy (non-hydrogen) atoms. The molecule has 1 aromatic rings. The first-order valence-electron chi connectivity index (χ1n) is 7.15. The van der Waals surface area contributed by atoms with Crippen molar-refractivity contribution in [3.8, 4) is 0 Å². The van der Waals surface area contributed by atoms with Crippen molar-refractivity contribution in [3.63, 3.8) is 0 Å². The SMILES string of the molecule is CN1C(=O)C(C)(C2CC2)NC(=O)C1Cc1ccccc1. The summed E-state index contributed by atoms with van der Waals surface area (Å²) in [5.41, 5.74) is 0.376. The Labute approximate surface area is 119 Å². The third-order valence-corrected chi connectivity index (χ3v) is 4.58. The zero-order chi connectivity index (χ0) is 14.3. The molecule has 1 saturated heterocycles. The van der Waals surface area contributed by atoms with Gasteiger partial charge in [-0.2, -0.15) is 0 Å². The van der Waals surface area contributed by atoms with Crippen LogP contribution >= 0.6 is 0 Å². The fourth-order valence-corrected chi connectivity index (χ4v) is 3.08. The van der Waals surface area contributed by atoms with Crippen LogP contribution < -0.4 is 5.32 Å². The number of carbonyl (C=O) groups is 2. The molecule has 2 unspecified atom stereocenters. The number of likely N-dealkylation sites (N-methyl/N-ethyl adjacent to an activating group) is 1. The highest BCUT2D eigenvalue weighted by atomic mass is 16.2. The van der Waals surface area contributed by atoms with Gasteiger partial charge in [-0.15, -0.1) is 0 Å². The van der Waals surface area contributed by atoms with Gasteiger partial charge in [-0.3, -0.25) is 9.59 Å². The minimum Gasteiger partial charge on any atom is -0.340 e. The van der Waals surface area contributed by atoms with E-state index in [0.717, 1.165) is 18.4 Å². The number of hydrogen-bond acceptors (Lipinski definition) is 2. The Balaban J connectivity index is 1.80. The molecule has 1 aliphatic heterocycles. The van der Waals surface area contributed by atoms with Crippen LogP contribution in [0.5, 0.6) is 0 Å². The molecule has 1 aromatic carbocycles. The van der Waals surface area contributed by atoms with Gasteiger partial charge in [0.2, 0.25) is 11.8 Å². The molecule has 2 amide bonds. The molecule has 2 aliphatic rings. The normalized spacial score (nSPS) is 30.3. The molecule has 1 aliphatic carbocycles. The highest BCUT2D eigenvalue weighted by Crippen LogP contribution is 2.42. The van der Waals surface area contributed by atoms with Gasteiger partial charge in [0.1, 0.15) is 11.6 Å². The van der Waals surface area contributed by atoms with E-state index in [1.165, 1.54) is 0 Å². The van der Waals surface area contributed by atoms with E-state index in [9.17, 15) is 9.59 Å². The van der Waals surface area contributed by atoms with E-state index in [2.05, 4.69) is 5.32 Å². The lowest BCUT2D eigenvalue weighted by Crippen LogP contribution is -2.69. The van der Waals surface area contributed by atoms with Gasteiger partial charge < -0.3 is 10.2 Å². The van der Waals surface area contributed by atoms with Crippen LogP contribution in [0.15, 0.2) is 30.3 Å². The quantitative estimate of drug-likeness (QED) is 0.903. The Morgan fingerprint density at radius 1 is 1.25 bits per heavy atom. The molecule has 4 heteroatoms. The molecule has 1 heterocycles. The Kier molecular flexibility index (Phi) is 3.04. The third kappa shape index (κ3) is 2.09. The molecular formula is C16H20N2O2. The lowest BCUT2D eigenvalue weighted by molar-refractivity contribution is -0.153. The van der Waals surface area contributed by atoms with Gasteiger partial charge in [0, 0.05) is 13.5 Å². The second-order valence-electron chi connectivity index (χ2n) is 6.09. The first-order valence-corrected chi connectivity index (χ1v) is 7.15. The van der Waals surface area contributed by atoms with Gasteiger partial charge in [-0.05, 0) is 31.2 Å². The fraction of sp³-hybridized carbons (Fsp3) is 0.500. The maximum atomic E-state index is 12.6. The Bertz CT molecular complexity index is 539. The summed E-state index contributed by atoms with van der Waals surface area (Å²) in [7, 11) is 1.75. The smallest absolute Gasteiger partial charge is 0.248 e. The number of piperazine rings is 1. The number of benzene rings is 1. The van der Waals surface area contributed by atoms with Gasteiger partial charge in [-0.1, -0.05) is 30.3 Å². The number of rotatable bonds is 3. The zero-order valence-corrected chi connectivity index (χ0v) is 11.9. The van der Waals surface area contributed by atoms with E-state index in [1.54, 1.807) is 11.9 Å². The van der Waals surface area contributed by atoms with Crippen molar-refractivity contribution in [2.24, 2.45) is 5.92 Å². The average Bonchev–Trinajstić information content (AvgIpc) is 3.27. The van der Waals surface area contributed by atoms with Crippen LogP contribution in [-0.4, -0.2) is 35.3 Å². The van der Waals surface area contributed by atoms with E-state index < -0.39 is 11.6 Å². The van der Waals surface area contributed by atoms with Crippen LogP contribution in [0.2, 0.25) is 0 Å². The predicted molar refractivity (Wildman–Crippen MR) is 76.0 cm³/mol. The Morgan fingerprint density at radius 2 is 1.90 bits per heavy atom. The molecule has 0 radical (unpaired) electrons. The molecule has 0 aromatic heterocycles. The highest BCUT2D eigenvalue weighted by molar-refractivity contribution is 6.00. The summed E-state index contributed by atoms with van der Waals surface area (Å²) < 4.78 is 0. The van der Waals surface area contributed by atoms with Gasteiger partial charge in [0.15, 0.2) is 0 Å². The van der Waals surface area contributed by atoms with Crippen molar-refractivity contribution < 1.29 is 9.59 Å². The summed E-state index contributed by atoms with van der Waals surface area (Å²) in [6.45, 7) is 1.86. The van der Waals surface area contributed by atoms with Crippen molar-refractivity contribution in [2.75, 3.05) is 7.05 Å². The number of nitrogens with zero attached hydrogens (tertiary/aromatic N) is 1. The molecule has 2 atom stereocenters. The molecule has 1 saturated carbocycles.